The van der Waals surface area contributed by atoms with Crippen LogP contribution in [0, 0.1) is 0 Å². The molecular formula is C24H22BrN5O3. The maximum Gasteiger partial charge on any atom is 0.246 e. The zero-order valence-electron chi connectivity index (χ0n) is 17.7. The Balaban J connectivity index is 1.32. The molecule has 168 valence electrons. The summed E-state index contributed by atoms with van der Waals surface area (Å²) in [5.74, 6) is 1.60. The normalized spacial score (nSPS) is 14.9. The Kier molecular flexibility index (Phi) is 5.87. The number of aromatic hydroxyl groups is 1. The number of rotatable bonds is 5. The van der Waals surface area contributed by atoms with E-state index in [1.165, 1.54) is 0 Å². The summed E-state index contributed by atoms with van der Waals surface area (Å²) in [4.78, 5) is 19.0. The topological polar surface area (TPSA) is 95.9 Å². The lowest BCUT2D eigenvalue weighted by molar-refractivity contribution is -0.126. The third-order valence-electron chi connectivity index (χ3n) is 5.70. The van der Waals surface area contributed by atoms with Crippen molar-refractivity contribution in [1.82, 2.24) is 19.5 Å². The summed E-state index contributed by atoms with van der Waals surface area (Å²) < 4.78 is 7.76. The molecule has 0 radical (unpaired) electrons. The van der Waals surface area contributed by atoms with E-state index in [-0.39, 0.29) is 17.7 Å². The minimum atomic E-state index is -0.0194. The second-order valence-electron chi connectivity index (χ2n) is 7.86. The molecule has 0 saturated carbocycles. The highest BCUT2D eigenvalue weighted by molar-refractivity contribution is 9.10. The van der Waals surface area contributed by atoms with Crippen molar-refractivity contribution in [1.29, 1.82) is 0 Å². The van der Waals surface area contributed by atoms with E-state index in [2.05, 4.69) is 31.3 Å². The number of likely N-dealkylation sites (tertiary alicyclic amines) is 1. The fraction of sp³-hybridized carbons (Fsp3) is 0.208. The van der Waals surface area contributed by atoms with Crippen molar-refractivity contribution >= 4 is 39.4 Å². The number of phenolic OH excluding ortho intramolecular Hbond substituents is 1. The summed E-state index contributed by atoms with van der Waals surface area (Å²) in [5, 5.41) is 18.3. The van der Waals surface area contributed by atoms with Crippen LogP contribution in [0.1, 0.15) is 18.6 Å². The molecule has 1 saturated heterocycles. The number of piperidine rings is 1. The van der Waals surface area contributed by atoms with Crippen molar-refractivity contribution in [2.45, 2.75) is 18.9 Å². The third-order valence-corrected chi connectivity index (χ3v) is 6.26. The Labute approximate surface area is 198 Å². The number of para-hydroxylation sites is 1. The first-order chi connectivity index (χ1) is 16.1. The lowest BCUT2D eigenvalue weighted by atomic mass is 10.0. The van der Waals surface area contributed by atoms with Crippen LogP contribution in [-0.2, 0) is 4.79 Å². The summed E-state index contributed by atoms with van der Waals surface area (Å²) in [7, 11) is 0. The predicted molar refractivity (Wildman–Crippen MR) is 129 cm³/mol. The lowest BCUT2D eigenvalue weighted by Gasteiger charge is -2.32. The maximum atomic E-state index is 12.5. The van der Waals surface area contributed by atoms with Crippen molar-refractivity contribution in [3.8, 4) is 17.0 Å². The van der Waals surface area contributed by atoms with Crippen LogP contribution in [0.2, 0.25) is 0 Å². The number of carbonyl (C=O) groups is 1. The largest absolute Gasteiger partial charge is 0.507 e. The van der Waals surface area contributed by atoms with Gasteiger partial charge in [-0.05, 0) is 59.1 Å². The van der Waals surface area contributed by atoms with Gasteiger partial charge in [0.25, 0.3) is 0 Å². The monoisotopic (exact) mass is 507 g/mol. The quantitative estimate of drug-likeness (QED) is 0.384. The highest BCUT2D eigenvalue weighted by Gasteiger charge is 2.23. The second-order valence-corrected chi connectivity index (χ2v) is 8.72. The van der Waals surface area contributed by atoms with Crippen LogP contribution in [-0.4, -0.2) is 49.6 Å². The van der Waals surface area contributed by atoms with Crippen molar-refractivity contribution in [3.63, 3.8) is 0 Å². The minimum Gasteiger partial charge on any atom is -0.507 e. The number of hydrogen-bond donors (Lipinski definition) is 2. The Morgan fingerprint density at radius 3 is 2.79 bits per heavy atom. The van der Waals surface area contributed by atoms with Crippen LogP contribution in [0.25, 0.3) is 23.0 Å². The Bertz CT molecular complexity index is 1310. The number of hydrogen-bond acceptors (Lipinski definition) is 6. The number of furan rings is 1. The Morgan fingerprint density at radius 1 is 1.21 bits per heavy atom. The molecule has 0 aliphatic carbocycles. The van der Waals surface area contributed by atoms with Gasteiger partial charge in [0.2, 0.25) is 5.91 Å². The van der Waals surface area contributed by atoms with Crippen LogP contribution < -0.4 is 5.32 Å². The predicted octanol–water partition coefficient (Wildman–Crippen LogP) is 4.57. The number of amides is 1. The zero-order chi connectivity index (χ0) is 22.8. The molecule has 3 aromatic heterocycles. The van der Waals surface area contributed by atoms with E-state index in [1.54, 1.807) is 47.3 Å². The van der Waals surface area contributed by atoms with E-state index in [9.17, 15) is 9.90 Å². The molecule has 4 aromatic rings. The van der Waals surface area contributed by atoms with Crippen molar-refractivity contribution in [3.05, 3.63) is 71.2 Å². The van der Waals surface area contributed by atoms with Gasteiger partial charge < -0.3 is 19.7 Å². The number of halogens is 1. The molecule has 1 aliphatic heterocycles. The van der Waals surface area contributed by atoms with Crippen LogP contribution in [0.15, 0.2) is 69.9 Å². The Hall–Kier alpha value is -3.59. The number of nitrogens with zero attached hydrogens (tertiary/aromatic N) is 4. The molecule has 0 atom stereocenters. The molecule has 33 heavy (non-hydrogen) atoms. The average Bonchev–Trinajstić information content (AvgIpc) is 3.48. The van der Waals surface area contributed by atoms with Gasteiger partial charge in [-0.25, -0.2) is 4.98 Å². The van der Waals surface area contributed by atoms with Gasteiger partial charge in [0.1, 0.15) is 17.3 Å². The molecule has 0 unspecified atom stereocenters. The third kappa shape index (κ3) is 4.49. The summed E-state index contributed by atoms with van der Waals surface area (Å²) in [6.45, 7) is 1.31. The van der Waals surface area contributed by atoms with Gasteiger partial charge in [0.15, 0.2) is 5.65 Å². The van der Waals surface area contributed by atoms with E-state index in [1.807, 2.05) is 29.2 Å². The van der Waals surface area contributed by atoms with Gasteiger partial charge in [0, 0.05) is 36.8 Å². The number of phenols is 1. The summed E-state index contributed by atoms with van der Waals surface area (Å²) in [6.07, 6.45) is 8.14. The van der Waals surface area contributed by atoms with E-state index in [0.717, 1.165) is 23.1 Å². The highest BCUT2D eigenvalue weighted by atomic mass is 79.9. The minimum absolute atomic E-state index is 0.0194. The van der Waals surface area contributed by atoms with Crippen molar-refractivity contribution in [2.24, 2.45) is 0 Å². The molecule has 0 bridgehead atoms. The number of benzene rings is 1. The summed E-state index contributed by atoms with van der Waals surface area (Å²) in [6, 6.07) is 12.8. The van der Waals surface area contributed by atoms with Crippen LogP contribution in [0.4, 0.5) is 5.82 Å². The maximum absolute atomic E-state index is 12.5. The SMILES string of the molecule is O=C(/C=C/c1ccco1)N1CCC(Nc2cc(-c3ccccc3O)nc3c(Br)cnn23)CC1. The fourth-order valence-corrected chi connectivity index (χ4v) is 4.31. The summed E-state index contributed by atoms with van der Waals surface area (Å²) in [5.41, 5.74) is 1.97. The molecule has 1 amide bonds. The number of anilines is 1. The second kappa shape index (κ2) is 9.11. The molecule has 2 N–H and O–H groups in total. The molecule has 1 aliphatic rings. The van der Waals surface area contributed by atoms with Gasteiger partial charge in [-0.15, -0.1) is 0 Å². The van der Waals surface area contributed by atoms with Crippen molar-refractivity contribution in [2.75, 3.05) is 18.4 Å². The first kappa shape index (κ1) is 21.3. The van der Waals surface area contributed by atoms with E-state index in [4.69, 9.17) is 4.42 Å². The van der Waals surface area contributed by atoms with Gasteiger partial charge in [-0.3, -0.25) is 4.79 Å². The lowest BCUT2D eigenvalue weighted by Crippen LogP contribution is -2.42. The van der Waals surface area contributed by atoms with Crippen LogP contribution in [0.5, 0.6) is 5.75 Å². The van der Waals surface area contributed by atoms with Crippen LogP contribution >= 0.6 is 15.9 Å². The molecule has 5 rings (SSSR count). The number of fused-ring (bicyclic) bond motifs is 1. The molecular weight excluding hydrogens is 486 g/mol. The molecule has 1 aromatic carbocycles. The zero-order valence-corrected chi connectivity index (χ0v) is 19.3. The summed E-state index contributed by atoms with van der Waals surface area (Å²) >= 11 is 3.51. The number of aromatic nitrogens is 3. The Morgan fingerprint density at radius 2 is 2.03 bits per heavy atom. The molecule has 8 nitrogen and oxygen atoms in total. The fourth-order valence-electron chi connectivity index (χ4n) is 3.97. The average molecular weight is 508 g/mol. The first-order valence-electron chi connectivity index (χ1n) is 10.7. The molecule has 1 fully saturated rings. The highest BCUT2D eigenvalue weighted by Crippen LogP contribution is 2.31. The standard InChI is InChI=1S/C24H22BrN5O3/c25-19-15-26-30-22(14-20(28-24(19)30)18-5-1-2-6-21(18)31)27-16-9-11-29(12-10-16)23(32)8-7-17-4-3-13-33-17/h1-8,13-16,27,31H,9-12H2/b8-7+. The van der Waals surface area contributed by atoms with Crippen LogP contribution in [0.3, 0.4) is 0 Å². The van der Waals surface area contributed by atoms with E-state index >= 15 is 0 Å². The molecule has 9 heteroatoms. The number of carbonyl (C=O) groups excluding carboxylic acids is 1. The molecule has 4 heterocycles. The molecule has 0 spiro atoms. The van der Waals surface area contributed by atoms with E-state index in [0.29, 0.717) is 35.8 Å². The van der Waals surface area contributed by atoms with Gasteiger partial charge in [-0.1, -0.05) is 12.1 Å². The van der Waals surface area contributed by atoms with Gasteiger partial charge in [-0.2, -0.15) is 9.61 Å². The van der Waals surface area contributed by atoms with Gasteiger partial charge in [0.05, 0.1) is 22.6 Å². The smallest absolute Gasteiger partial charge is 0.246 e. The van der Waals surface area contributed by atoms with Gasteiger partial charge >= 0.3 is 0 Å². The van der Waals surface area contributed by atoms with E-state index < -0.39 is 0 Å². The van der Waals surface area contributed by atoms with Crippen molar-refractivity contribution < 1.29 is 14.3 Å². The first-order valence-corrected chi connectivity index (χ1v) is 11.5. The number of nitrogens with one attached hydrogen (secondary N) is 1.